The normalized spacial score (nSPS) is 16.7. The Morgan fingerprint density at radius 2 is 1.75 bits per heavy atom. The third kappa shape index (κ3) is 11.5. The molecule has 3 saturated heterocycles. The van der Waals surface area contributed by atoms with E-state index in [1.807, 2.05) is 25.1 Å². The van der Waals surface area contributed by atoms with Crippen molar-refractivity contribution >= 4 is 41.6 Å². The van der Waals surface area contributed by atoms with E-state index in [9.17, 15) is 38.0 Å². The second-order valence-electron chi connectivity index (χ2n) is 18.6. The van der Waals surface area contributed by atoms with Crippen LogP contribution in [-0.2, 0) is 20.9 Å². The van der Waals surface area contributed by atoms with E-state index in [-0.39, 0.29) is 43.0 Å². The zero-order valence-corrected chi connectivity index (χ0v) is 40.7. The molecule has 3 aliphatic rings. The van der Waals surface area contributed by atoms with Gasteiger partial charge in [-0.25, -0.2) is 18.3 Å². The van der Waals surface area contributed by atoms with Gasteiger partial charge in [0.25, 0.3) is 11.8 Å². The number of piperazine rings is 1. The molecule has 3 aromatic heterocycles. The largest absolute Gasteiger partial charge is 0.492 e. The molecule has 0 saturated carbocycles. The van der Waals surface area contributed by atoms with Gasteiger partial charge in [-0.05, 0) is 93.4 Å². The predicted octanol–water partition coefficient (Wildman–Crippen LogP) is 3.96. The fourth-order valence-corrected chi connectivity index (χ4v) is 9.93. The lowest BCUT2D eigenvalue weighted by molar-refractivity contribution is -0.141. The molecule has 0 bridgehead atoms. The van der Waals surface area contributed by atoms with Gasteiger partial charge in [0.2, 0.25) is 5.91 Å². The fraction of sp³-hybridized carbons (Fsp3) is 0.423. The molecule has 20 heteroatoms. The number of likely N-dealkylation sites (N-methyl/N-ethyl adjacent to an activating group) is 2. The maximum absolute atomic E-state index is 14.9. The molecule has 3 aliphatic heterocycles. The highest BCUT2D eigenvalue weighted by Crippen LogP contribution is 2.33. The van der Waals surface area contributed by atoms with Crippen LogP contribution >= 0.6 is 0 Å². The molecular weight excluding hydrogens is 929 g/mol. The first-order valence-electron chi connectivity index (χ1n) is 24.2. The van der Waals surface area contributed by atoms with Crippen molar-refractivity contribution in [1.29, 1.82) is 5.26 Å². The zero-order chi connectivity index (χ0) is 50.9. The highest BCUT2D eigenvalue weighted by molar-refractivity contribution is 5.95. The summed E-state index contributed by atoms with van der Waals surface area (Å²) < 4.78 is 42.5. The molecule has 5 aromatic rings. The molecule has 72 heavy (non-hydrogen) atoms. The van der Waals surface area contributed by atoms with Gasteiger partial charge in [-0.2, -0.15) is 10.4 Å². The summed E-state index contributed by atoms with van der Waals surface area (Å²) in [6, 6.07) is 15.4. The Balaban J connectivity index is 0.862. The Hall–Kier alpha value is -7.34. The number of piperidine rings is 1. The molecule has 0 aliphatic carbocycles. The van der Waals surface area contributed by atoms with Crippen molar-refractivity contribution in [3.8, 4) is 28.7 Å². The topological polar surface area (TPSA) is 198 Å². The van der Waals surface area contributed by atoms with Crippen LogP contribution < -0.4 is 25.0 Å². The van der Waals surface area contributed by atoms with E-state index < -0.39 is 29.1 Å². The zero-order valence-electron chi connectivity index (χ0n) is 40.7. The number of benzene rings is 2. The van der Waals surface area contributed by atoms with Crippen molar-refractivity contribution in [3.63, 3.8) is 0 Å². The molecule has 0 spiro atoms. The van der Waals surface area contributed by atoms with Crippen molar-refractivity contribution < 1.29 is 42.2 Å². The molecule has 3 fully saturated rings. The first-order chi connectivity index (χ1) is 34.8. The Bertz CT molecular complexity index is 2820. The van der Waals surface area contributed by atoms with Gasteiger partial charge in [-0.15, -0.1) is 0 Å². The fourth-order valence-electron chi connectivity index (χ4n) is 9.93. The minimum atomic E-state index is -0.802. The van der Waals surface area contributed by atoms with Gasteiger partial charge in [0, 0.05) is 108 Å². The van der Waals surface area contributed by atoms with E-state index in [1.54, 1.807) is 52.0 Å². The monoisotopic (exact) mass is 987 g/mol. The van der Waals surface area contributed by atoms with Gasteiger partial charge in [-0.1, -0.05) is 0 Å². The predicted molar refractivity (Wildman–Crippen MR) is 263 cm³/mol. The number of carbonyl (C=O) groups excluding carboxylic acids is 5. The number of likely N-dealkylation sites (tertiary alicyclic amines) is 1. The number of aldehydes is 2. The van der Waals surface area contributed by atoms with Gasteiger partial charge in [0.05, 0.1) is 47.2 Å². The van der Waals surface area contributed by atoms with Crippen molar-refractivity contribution in [3.05, 3.63) is 107 Å². The number of fused-ring (bicyclic) bond motifs is 1. The average molecular weight is 988 g/mol. The summed E-state index contributed by atoms with van der Waals surface area (Å²) in [6.07, 6.45) is 8.08. The van der Waals surface area contributed by atoms with E-state index in [2.05, 4.69) is 36.5 Å². The lowest BCUT2D eigenvalue weighted by atomic mass is 9.85. The number of nitrogens with one attached hydrogen (secondary N) is 2. The Morgan fingerprint density at radius 3 is 2.43 bits per heavy atom. The minimum absolute atomic E-state index is 0.164. The van der Waals surface area contributed by atoms with Crippen molar-refractivity contribution in [1.82, 2.24) is 44.8 Å². The quantitative estimate of drug-likeness (QED) is 0.106. The second-order valence-corrected chi connectivity index (χ2v) is 18.6. The van der Waals surface area contributed by atoms with E-state index in [4.69, 9.17) is 14.5 Å². The Morgan fingerprint density at radius 1 is 0.972 bits per heavy atom. The molecule has 0 radical (unpaired) electrons. The van der Waals surface area contributed by atoms with Crippen LogP contribution in [0.3, 0.4) is 0 Å². The molecule has 3 amide bonds. The molecule has 6 heterocycles. The summed E-state index contributed by atoms with van der Waals surface area (Å²) >= 11 is 0. The minimum Gasteiger partial charge on any atom is -0.492 e. The maximum atomic E-state index is 14.9. The lowest BCUT2D eigenvalue weighted by Crippen LogP contribution is -2.66. The number of nitriles is 1. The van der Waals surface area contributed by atoms with Crippen LogP contribution in [0.25, 0.3) is 16.6 Å². The number of amides is 3. The number of anilines is 1. The van der Waals surface area contributed by atoms with Gasteiger partial charge in [0.1, 0.15) is 47.6 Å². The number of hydrogen-bond acceptors (Lipinski definition) is 14. The number of nitrogens with zero attached hydrogens (tertiary/aromatic N) is 9. The molecule has 378 valence electrons. The van der Waals surface area contributed by atoms with Crippen molar-refractivity contribution in [2.75, 3.05) is 91.1 Å². The van der Waals surface area contributed by atoms with Crippen molar-refractivity contribution in [2.24, 2.45) is 0 Å². The number of rotatable bonds is 20. The number of pyridine rings is 2. The number of carbonyl (C=O) groups is 5. The molecule has 2 N–H and O–H groups in total. The van der Waals surface area contributed by atoms with Gasteiger partial charge in [-0.3, -0.25) is 33.9 Å². The highest BCUT2D eigenvalue weighted by atomic mass is 19.1. The summed E-state index contributed by atoms with van der Waals surface area (Å²) in [5, 5.41) is 19.9. The van der Waals surface area contributed by atoms with Crippen LogP contribution in [0.2, 0.25) is 0 Å². The molecule has 8 rings (SSSR count). The molecular formula is C52H59F2N11O7. The summed E-state index contributed by atoms with van der Waals surface area (Å²) in [7, 11) is 3.28. The van der Waals surface area contributed by atoms with Crippen LogP contribution in [0.4, 0.5) is 14.6 Å². The van der Waals surface area contributed by atoms with Crippen molar-refractivity contribution in [2.45, 2.75) is 56.8 Å². The average Bonchev–Trinajstić information content (AvgIpc) is 3.80. The third-order valence-corrected chi connectivity index (χ3v) is 14.0. The standard InChI is InChI=1S/C52H59F2N11O7/c1-4-71-42-24-43(49-38(25-55)27-58-65(49)31-42)35-8-12-47(57-26-35)63-15-13-52(14-16-63,59-50(69)44-23-39(53)9-11-45(44)54)34-61-17-19-62(20-18-61)40-29-64(30-40)48(68)33-72-41-10-7-36(32-67)37(22-41)28-60(3)46(6-5-21-66)51(70)56-2/h7-12,21-24,26-27,31-32,40,46H,4-6,13-20,28-30,33-34H2,1-3H3,(H,56,70)(H,59,69). The number of aromatic nitrogens is 3. The first kappa shape index (κ1) is 51.0. The van der Waals surface area contributed by atoms with Gasteiger partial charge < -0.3 is 34.7 Å². The van der Waals surface area contributed by atoms with Crippen LogP contribution in [0.5, 0.6) is 11.5 Å². The number of hydrogen-bond donors (Lipinski definition) is 2. The van der Waals surface area contributed by atoms with E-state index in [1.165, 1.54) is 13.2 Å². The maximum Gasteiger partial charge on any atom is 0.260 e. The summed E-state index contributed by atoms with van der Waals surface area (Å²) in [5.41, 5.74) is 2.55. The first-order valence-corrected chi connectivity index (χ1v) is 24.2. The lowest BCUT2D eigenvalue weighted by Gasteiger charge is -2.50. The summed E-state index contributed by atoms with van der Waals surface area (Å²) in [4.78, 5) is 77.6. The SMILES string of the molecule is CCOc1cc(-c2ccc(N3CCC(CN4CCN(C5CN(C(=O)COc6ccc(C=O)c(CN(C)C(CCC=O)C(=O)NC)c6)C5)CC4)(NC(=O)c4cc(F)ccc4F)CC3)nc2)c2c(C#N)cnn2c1. The molecule has 2 aromatic carbocycles. The third-order valence-electron chi connectivity index (χ3n) is 14.0. The van der Waals surface area contributed by atoms with Crippen LogP contribution in [0, 0.1) is 23.0 Å². The highest BCUT2D eigenvalue weighted by Gasteiger charge is 2.41. The molecule has 1 unspecified atom stereocenters. The summed E-state index contributed by atoms with van der Waals surface area (Å²) in [5.74, 6) is -0.831. The van der Waals surface area contributed by atoms with E-state index in [0.717, 1.165) is 60.8 Å². The molecule has 18 nitrogen and oxygen atoms in total. The van der Waals surface area contributed by atoms with Gasteiger partial charge in [0.15, 0.2) is 6.61 Å². The van der Waals surface area contributed by atoms with Crippen LogP contribution in [0.15, 0.2) is 73.2 Å². The Kier molecular flexibility index (Phi) is 16.2. The van der Waals surface area contributed by atoms with Crippen LogP contribution in [-0.4, -0.2) is 168 Å². The number of ether oxygens (including phenoxy) is 2. The Labute approximate surface area is 416 Å². The summed E-state index contributed by atoms with van der Waals surface area (Å²) in [6.45, 7) is 7.92. The van der Waals surface area contributed by atoms with Crippen LogP contribution in [0.1, 0.15) is 64.4 Å². The molecule has 1 atom stereocenters. The second kappa shape index (κ2) is 22.8. The van der Waals surface area contributed by atoms with Gasteiger partial charge >= 0.3 is 0 Å². The smallest absolute Gasteiger partial charge is 0.260 e. The number of halogens is 2. The van der Waals surface area contributed by atoms with E-state index in [0.29, 0.717) is 105 Å². The van der Waals surface area contributed by atoms with E-state index >= 15 is 0 Å².